The summed E-state index contributed by atoms with van der Waals surface area (Å²) in [7, 11) is 0. The molecule has 2 amide bonds. The number of hydrogen-bond donors (Lipinski definition) is 0. The van der Waals surface area contributed by atoms with Gasteiger partial charge in [-0.2, -0.15) is 0 Å². The SMILES string of the molecule is C[C@H](Cc1ccc2c(c1)CCN2CCCOC(=O)c1ccccc1)N1C(=O)c2ccccc2C1=O. The van der Waals surface area contributed by atoms with Crippen LogP contribution in [-0.4, -0.2) is 48.4 Å². The fourth-order valence-corrected chi connectivity index (χ4v) is 5.00. The Morgan fingerprint density at radius 3 is 2.34 bits per heavy atom. The number of fused-ring (bicyclic) bond motifs is 2. The first kappa shape index (κ1) is 22.8. The van der Waals surface area contributed by atoms with Gasteiger partial charge < -0.3 is 9.64 Å². The van der Waals surface area contributed by atoms with Crippen molar-refractivity contribution >= 4 is 23.5 Å². The lowest BCUT2D eigenvalue weighted by molar-refractivity contribution is 0.0501. The third kappa shape index (κ3) is 4.56. The molecule has 2 heterocycles. The molecule has 0 aromatic heterocycles. The van der Waals surface area contributed by atoms with E-state index in [0.29, 0.717) is 29.7 Å². The Bertz CT molecular complexity index is 1240. The molecule has 0 unspecified atom stereocenters. The maximum Gasteiger partial charge on any atom is 0.338 e. The Morgan fingerprint density at radius 2 is 1.63 bits per heavy atom. The predicted molar refractivity (Wildman–Crippen MR) is 134 cm³/mol. The van der Waals surface area contributed by atoms with Crippen molar-refractivity contribution in [2.75, 3.05) is 24.6 Å². The molecule has 0 saturated carbocycles. The molecule has 0 spiro atoms. The van der Waals surface area contributed by atoms with Crippen molar-refractivity contribution in [1.82, 2.24) is 4.90 Å². The molecule has 6 heteroatoms. The fraction of sp³-hybridized carbons (Fsp3) is 0.276. The number of amides is 2. The summed E-state index contributed by atoms with van der Waals surface area (Å²) < 4.78 is 5.40. The molecule has 0 fully saturated rings. The van der Waals surface area contributed by atoms with Crippen LogP contribution in [0.1, 0.15) is 55.5 Å². The number of nitrogens with zero attached hydrogens (tertiary/aromatic N) is 2. The van der Waals surface area contributed by atoms with Crippen molar-refractivity contribution in [3.63, 3.8) is 0 Å². The van der Waals surface area contributed by atoms with Gasteiger partial charge in [-0.3, -0.25) is 14.5 Å². The number of imide groups is 1. The third-order valence-corrected chi connectivity index (χ3v) is 6.75. The van der Waals surface area contributed by atoms with Crippen LogP contribution in [0.25, 0.3) is 0 Å². The van der Waals surface area contributed by atoms with E-state index in [2.05, 4.69) is 23.1 Å². The van der Waals surface area contributed by atoms with Crippen LogP contribution in [0.4, 0.5) is 5.69 Å². The number of benzene rings is 3. The molecule has 5 rings (SSSR count). The lowest BCUT2D eigenvalue weighted by Crippen LogP contribution is -2.39. The van der Waals surface area contributed by atoms with Crippen molar-refractivity contribution in [2.45, 2.75) is 32.2 Å². The van der Waals surface area contributed by atoms with Crippen LogP contribution in [-0.2, 0) is 17.6 Å². The summed E-state index contributed by atoms with van der Waals surface area (Å²) in [6.45, 7) is 4.06. The van der Waals surface area contributed by atoms with E-state index in [-0.39, 0.29) is 23.8 Å². The van der Waals surface area contributed by atoms with Crippen LogP contribution in [0.2, 0.25) is 0 Å². The molecule has 0 aliphatic carbocycles. The van der Waals surface area contributed by atoms with Gasteiger partial charge in [0.05, 0.1) is 23.3 Å². The summed E-state index contributed by atoms with van der Waals surface area (Å²) in [4.78, 5) is 41.4. The third-order valence-electron chi connectivity index (χ3n) is 6.75. The van der Waals surface area contributed by atoms with E-state index >= 15 is 0 Å². The molecule has 6 nitrogen and oxygen atoms in total. The second-order valence-electron chi connectivity index (χ2n) is 9.13. The molecule has 0 radical (unpaired) electrons. The number of carbonyl (C=O) groups excluding carboxylic acids is 3. The summed E-state index contributed by atoms with van der Waals surface area (Å²) in [6, 6.07) is 22.2. The first-order valence-corrected chi connectivity index (χ1v) is 12.1. The van der Waals surface area contributed by atoms with Gasteiger partial charge in [0.2, 0.25) is 0 Å². The van der Waals surface area contributed by atoms with Gasteiger partial charge in [-0.1, -0.05) is 42.5 Å². The summed E-state index contributed by atoms with van der Waals surface area (Å²) in [5, 5.41) is 0. The maximum absolute atomic E-state index is 12.8. The van der Waals surface area contributed by atoms with Crippen LogP contribution in [0, 0.1) is 0 Å². The van der Waals surface area contributed by atoms with Crippen molar-refractivity contribution in [3.05, 3.63) is 101 Å². The molecule has 2 aliphatic rings. The topological polar surface area (TPSA) is 66.9 Å². The van der Waals surface area contributed by atoms with Gasteiger partial charge >= 0.3 is 5.97 Å². The molecule has 1 atom stereocenters. The minimum Gasteiger partial charge on any atom is -0.462 e. The molecule has 0 saturated heterocycles. The van der Waals surface area contributed by atoms with Gasteiger partial charge in [0.25, 0.3) is 11.8 Å². The smallest absolute Gasteiger partial charge is 0.338 e. The van der Waals surface area contributed by atoms with E-state index in [4.69, 9.17) is 4.74 Å². The normalized spacial score (nSPS) is 15.2. The lowest BCUT2D eigenvalue weighted by Gasteiger charge is -2.23. The van der Waals surface area contributed by atoms with Crippen LogP contribution in [0.3, 0.4) is 0 Å². The second-order valence-corrected chi connectivity index (χ2v) is 9.13. The zero-order valence-electron chi connectivity index (χ0n) is 19.8. The molecule has 0 N–H and O–H groups in total. The molecular formula is C29H28N2O4. The average molecular weight is 469 g/mol. The number of anilines is 1. The zero-order valence-corrected chi connectivity index (χ0v) is 19.8. The number of hydrogen-bond acceptors (Lipinski definition) is 5. The Labute approximate surface area is 205 Å². The zero-order chi connectivity index (χ0) is 24.4. The van der Waals surface area contributed by atoms with Crippen molar-refractivity contribution < 1.29 is 19.1 Å². The minimum absolute atomic E-state index is 0.210. The van der Waals surface area contributed by atoms with Crippen LogP contribution in [0.5, 0.6) is 0 Å². The highest BCUT2D eigenvalue weighted by molar-refractivity contribution is 6.21. The molecule has 35 heavy (non-hydrogen) atoms. The molecular weight excluding hydrogens is 440 g/mol. The van der Waals surface area contributed by atoms with E-state index < -0.39 is 0 Å². The van der Waals surface area contributed by atoms with E-state index in [0.717, 1.165) is 31.5 Å². The monoisotopic (exact) mass is 468 g/mol. The Hall–Kier alpha value is -3.93. The van der Waals surface area contributed by atoms with Crippen molar-refractivity contribution in [3.8, 4) is 0 Å². The van der Waals surface area contributed by atoms with Gasteiger partial charge in [0.15, 0.2) is 0 Å². The summed E-state index contributed by atoms with van der Waals surface area (Å²) >= 11 is 0. The maximum atomic E-state index is 12.8. The average Bonchev–Trinajstić information content (AvgIpc) is 3.40. The van der Waals surface area contributed by atoms with Crippen LogP contribution in [0.15, 0.2) is 72.8 Å². The quantitative estimate of drug-likeness (QED) is 0.276. The first-order chi connectivity index (χ1) is 17.0. The number of carbonyl (C=O) groups is 3. The Kier molecular flexibility index (Phi) is 6.36. The molecule has 178 valence electrons. The number of ether oxygens (including phenoxy) is 1. The molecule has 2 aliphatic heterocycles. The highest BCUT2D eigenvalue weighted by Gasteiger charge is 2.38. The van der Waals surface area contributed by atoms with Gasteiger partial charge in [-0.25, -0.2) is 4.79 Å². The summed E-state index contributed by atoms with van der Waals surface area (Å²) in [6.07, 6.45) is 2.33. The van der Waals surface area contributed by atoms with Gasteiger partial charge in [-0.15, -0.1) is 0 Å². The largest absolute Gasteiger partial charge is 0.462 e. The second kappa shape index (κ2) is 9.74. The van der Waals surface area contributed by atoms with E-state index in [1.807, 2.05) is 25.1 Å². The Morgan fingerprint density at radius 1 is 0.943 bits per heavy atom. The highest BCUT2D eigenvalue weighted by atomic mass is 16.5. The van der Waals surface area contributed by atoms with Crippen LogP contribution >= 0.6 is 0 Å². The lowest BCUT2D eigenvalue weighted by atomic mass is 10.0. The van der Waals surface area contributed by atoms with E-state index in [1.165, 1.54) is 16.2 Å². The summed E-state index contributed by atoms with van der Waals surface area (Å²) in [5.74, 6) is -0.707. The number of rotatable bonds is 8. The standard InChI is InChI=1S/C29H28N2O4/c1-20(31-27(32)24-10-5-6-11-25(24)28(31)33)18-21-12-13-26-23(19-21)14-16-30(26)15-7-17-35-29(34)22-8-3-2-4-9-22/h2-6,8-13,19-20H,7,14-18H2,1H3/t20-/m1/s1. The minimum atomic E-state index is -0.288. The van der Waals surface area contributed by atoms with Gasteiger partial charge in [0, 0.05) is 24.8 Å². The molecule has 3 aromatic rings. The van der Waals surface area contributed by atoms with Crippen molar-refractivity contribution in [2.24, 2.45) is 0 Å². The fourth-order valence-electron chi connectivity index (χ4n) is 5.00. The van der Waals surface area contributed by atoms with Crippen LogP contribution < -0.4 is 4.90 Å². The molecule has 0 bridgehead atoms. The predicted octanol–water partition coefficient (Wildman–Crippen LogP) is 4.52. The van der Waals surface area contributed by atoms with Gasteiger partial charge in [0.1, 0.15) is 0 Å². The highest BCUT2D eigenvalue weighted by Crippen LogP contribution is 2.31. The van der Waals surface area contributed by atoms with E-state index in [9.17, 15) is 14.4 Å². The molecule has 3 aromatic carbocycles. The van der Waals surface area contributed by atoms with Crippen molar-refractivity contribution in [1.29, 1.82) is 0 Å². The first-order valence-electron chi connectivity index (χ1n) is 12.1. The Balaban J connectivity index is 1.16. The number of esters is 1. The van der Waals surface area contributed by atoms with Gasteiger partial charge in [-0.05, 0) is 67.6 Å². The van der Waals surface area contributed by atoms with E-state index in [1.54, 1.807) is 36.4 Å². The summed E-state index contributed by atoms with van der Waals surface area (Å²) in [5.41, 5.74) is 5.15.